The van der Waals surface area contributed by atoms with Gasteiger partial charge in [-0.25, -0.2) is 4.98 Å². The van der Waals surface area contributed by atoms with Crippen molar-refractivity contribution in [2.24, 2.45) is 0 Å². The Morgan fingerprint density at radius 1 is 1.58 bits per heavy atom. The van der Waals surface area contributed by atoms with Gasteiger partial charge >= 0.3 is 0 Å². The summed E-state index contributed by atoms with van der Waals surface area (Å²) in [5.74, 6) is -0.289. The number of carbonyl (C=O) groups is 2. The molecule has 19 heavy (non-hydrogen) atoms. The maximum atomic E-state index is 12.1. The fraction of sp³-hybridized carbons (Fsp3) is 0.545. The predicted octanol–water partition coefficient (Wildman–Crippen LogP) is -0.200. The number of nitrogen functional groups attached to an aromatic ring is 1. The number of nitrogens with one attached hydrogen (secondary N) is 2. The fourth-order valence-electron chi connectivity index (χ4n) is 1.81. The Labute approximate surface area is 115 Å². The highest BCUT2D eigenvalue weighted by Gasteiger charge is 2.26. The molecule has 2 rings (SSSR count). The molecule has 4 N–H and O–H groups in total. The first-order valence-electron chi connectivity index (χ1n) is 6.01. The first-order chi connectivity index (χ1) is 8.99. The zero-order valence-electron chi connectivity index (χ0n) is 10.9. The van der Waals surface area contributed by atoms with Crippen LogP contribution in [0.3, 0.4) is 0 Å². The summed E-state index contributed by atoms with van der Waals surface area (Å²) < 4.78 is 0. The van der Waals surface area contributed by atoms with E-state index in [9.17, 15) is 9.59 Å². The third kappa shape index (κ3) is 2.95. The lowest BCUT2D eigenvalue weighted by atomic mass is 10.1. The van der Waals surface area contributed by atoms with Gasteiger partial charge in [0.15, 0.2) is 5.13 Å². The molecule has 1 aliphatic heterocycles. The van der Waals surface area contributed by atoms with Crippen LogP contribution in [0.4, 0.5) is 10.9 Å². The van der Waals surface area contributed by atoms with E-state index in [0.717, 1.165) is 6.42 Å². The van der Waals surface area contributed by atoms with Crippen molar-refractivity contribution in [1.82, 2.24) is 15.6 Å². The van der Waals surface area contributed by atoms with Crippen LogP contribution in [0, 0.1) is 0 Å². The number of amides is 2. The molecule has 0 radical (unpaired) electrons. The van der Waals surface area contributed by atoms with Crippen LogP contribution in [0.1, 0.15) is 22.5 Å². The Morgan fingerprint density at radius 3 is 2.89 bits per heavy atom. The van der Waals surface area contributed by atoms with E-state index in [1.807, 2.05) is 14.1 Å². The SMILES string of the molecule is CN(C)c1nc(N)c(C(=O)NC2CCCNC2=O)s1. The summed E-state index contributed by atoms with van der Waals surface area (Å²) in [5.41, 5.74) is 5.73. The number of hydrogen-bond donors (Lipinski definition) is 3. The van der Waals surface area contributed by atoms with E-state index in [-0.39, 0.29) is 17.6 Å². The number of aromatic nitrogens is 1. The van der Waals surface area contributed by atoms with Gasteiger partial charge in [0.05, 0.1) is 0 Å². The molecule has 1 fully saturated rings. The highest BCUT2D eigenvalue weighted by Crippen LogP contribution is 2.26. The van der Waals surface area contributed by atoms with Crippen LogP contribution in [-0.4, -0.2) is 43.5 Å². The minimum atomic E-state index is -0.481. The van der Waals surface area contributed by atoms with Gasteiger partial charge in [0.2, 0.25) is 5.91 Å². The van der Waals surface area contributed by atoms with Gasteiger partial charge in [-0.1, -0.05) is 11.3 Å². The minimum Gasteiger partial charge on any atom is -0.382 e. The van der Waals surface area contributed by atoms with Gasteiger partial charge in [0, 0.05) is 20.6 Å². The van der Waals surface area contributed by atoms with E-state index in [1.165, 1.54) is 11.3 Å². The molecule has 0 aromatic carbocycles. The topological polar surface area (TPSA) is 100 Å². The lowest BCUT2D eigenvalue weighted by Gasteiger charge is -2.22. The number of carbonyl (C=O) groups excluding carboxylic acids is 2. The van der Waals surface area contributed by atoms with Crippen molar-refractivity contribution in [3.63, 3.8) is 0 Å². The van der Waals surface area contributed by atoms with Gasteiger partial charge in [0.25, 0.3) is 5.91 Å². The Morgan fingerprint density at radius 2 is 2.32 bits per heavy atom. The van der Waals surface area contributed by atoms with Gasteiger partial charge in [-0.3, -0.25) is 9.59 Å². The number of nitrogens with two attached hydrogens (primary N) is 1. The van der Waals surface area contributed by atoms with E-state index in [2.05, 4.69) is 15.6 Å². The molecule has 0 spiro atoms. The molecular formula is C11H17N5O2S. The predicted molar refractivity (Wildman–Crippen MR) is 74.4 cm³/mol. The van der Waals surface area contributed by atoms with Crippen LogP contribution in [0.2, 0.25) is 0 Å². The first kappa shape index (κ1) is 13.6. The number of anilines is 2. The van der Waals surface area contributed by atoms with E-state index in [0.29, 0.717) is 23.0 Å². The summed E-state index contributed by atoms with van der Waals surface area (Å²) >= 11 is 1.21. The van der Waals surface area contributed by atoms with Crippen LogP contribution in [0.5, 0.6) is 0 Å². The average molecular weight is 283 g/mol. The molecule has 1 aliphatic rings. The lowest BCUT2D eigenvalue weighted by Crippen LogP contribution is -2.50. The van der Waals surface area contributed by atoms with Crippen LogP contribution in [-0.2, 0) is 4.79 Å². The fourth-order valence-corrected chi connectivity index (χ4v) is 2.62. The molecule has 2 heterocycles. The van der Waals surface area contributed by atoms with Crippen molar-refractivity contribution in [3.05, 3.63) is 4.88 Å². The van der Waals surface area contributed by atoms with Gasteiger partial charge in [0.1, 0.15) is 16.7 Å². The van der Waals surface area contributed by atoms with Gasteiger partial charge in [-0.05, 0) is 12.8 Å². The summed E-state index contributed by atoms with van der Waals surface area (Å²) in [6.07, 6.45) is 1.51. The van der Waals surface area contributed by atoms with Crippen molar-refractivity contribution in [3.8, 4) is 0 Å². The first-order valence-corrected chi connectivity index (χ1v) is 6.83. The quantitative estimate of drug-likeness (QED) is 0.713. The average Bonchev–Trinajstić information content (AvgIpc) is 2.74. The summed E-state index contributed by atoms with van der Waals surface area (Å²) in [6, 6.07) is -0.481. The standard InChI is InChI=1S/C11H17N5O2S/c1-16(2)11-15-8(12)7(19-11)10(18)14-6-4-3-5-13-9(6)17/h6H,3-5,12H2,1-2H3,(H,13,17)(H,14,18). The van der Waals surface area contributed by atoms with Crippen LogP contribution < -0.4 is 21.3 Å². The smallest absolute Gasteiger partial charge is 0.265 e. The number of nitrogens with zero attached hydrogens (tertiary/aromatic N) is 2. The highest BCUT2D eigenvalue weighted by atomic mass is 32.1. The Bertz CT molecular complexity index is 499. The number of hydrogen-bond acceptors (Lipinski definition) is 6. The Hall–Kier alpha value is -1.83. The van der Waals surface area contributed by atoms with E-state index >= 15 is 0 Å². The molecule has 7 nitrogen and oxygen atoms in total. The van der Waals surface area contributed by atoms with Gasteiger partial charge in [-0.2, -0.15) is 0 Å². The monoisotopic (exact) mass is 283 g/mol. The Balaban J connectivity index is 2.09. The highest BCUT2D eigenvalue weighted by molar-refractivity contribution is 7.18. The molecule has 1 atom stereocenters. The van der Waals surface area contributed by atoms with Crippen molar-refractivity contribution in [1.29, 1.82) is 0 Å². The summed E-state index contributed by atoms with van der Waals surface area (Å²) in [6.45, 7) is 0.665. The van der Waals surface area contributed by atoms with Crippen molar-refractivity contribution < 1.29 is 9.59 Å². The molecule has 0 aliphatic carbocycles. The van der Waals surface area contributed by atoms with Crippen LogP contribution in [0.25, 0.3) is 0 Å². The third-order valence-corrected chi connectivity index (χ3v) is 4.06. The second kappa shape index (κ2) is 5.43. The molecule has 1 saturated heterocycles. The van der Waals surface area contributed by atoms with Crippen molar-refractivity contribution >= 4 is 34.1 Å². The van der Waals surface area contributed by atoms with Gasteiger partial charge in [-0.15, -0.1) is 0 Å². The van der Waals surface area contributed by atoms with Gasteiger partial charge < -0.3 is 21.3 Å². The maximum Gasteiger partial charge on any atom is 0.265 e. The summed E-state index contributed by atoms with van der Waals surface area (Å²) in [4.78, 5) is 29.9. The zero-order valence-corrected chi connectivity index (χ0v) is 11.7. The number of rotatable bonds is 3. The molecule has 1 aromatic rings. The number of piperidine rings is 1. The second-order valence-corrected chi connectivity index (χ2v) is 5.54. The molecule has 8 heteroatoms. The van der Waals surface area contributed by atoms with Crippen LogP contribution >= 0.6 is 11.3 Å². The summed E-state index contributed by atoms with van der Waals surface area (Å²) in [7, 11) is 3.66. The molecule has 0 saturated carbocycles. The number of thiazole rings is 1. The molecule has 0 bridgehead atoms. The molecule has 1 aromatic heterocycles. The molecule has 1 unspecified atom stereocenters. The Kier molecular flexibility index (Phi) is 3.89. The molecule has 2 amide bonds. The lowest BCUT2D eigenvalue weighted by molar-refractivity contribution is -0.124. The van der Waals surface area contributed by atoms with Crippen LogP contribution in [0.15, 0.2) is 0 Å². The largest absolute Gasteiger partial charge is 0.382 e. The van der Waals surface area contributed by atoms with Crippen molar-refractivity contribution in [2.45, 2.75) is 18.9 Å². The van der Waals surface area contributed by atoms with E-state index in [1.54, 1.807) is 4.90 Å². The normalized spacial score (nSPS) is 18.8. The van der Waals surface area contributed by atoms with Crippen molar-refractivity contribution in [2.75, 3.05) is 31.3 Å². The van der Waals surface area contributed by atoms with E-state index in [4.69, 9.17) is 5.73 Å². The minimum absolute atomic E-state index is 0.143. The zero-order chi connectivity index (χ0) is 14.0. The maximum absolute atomic E-state index is 12.1. The molecular weight excluding hydrogens is 266 g/mol. The van der Waals surface area contributed by atoms with E-state index < -0.39 is 6.04 Å². The third-order valence-electron chi connectivity index (χ3n) is 2.82. The summed E-state index contributed by atoms with van der Waals surface area (Å²) in [5, 5.41) is 6.08. The molecule has 104 valence electrons. The second-order valence-electron chi connectivity index (χ2n) is 4.56.